The van der Waals surface area contributed by atoms with Crippen LogP contribution in [0.4, 0.5) is 0 Å². The van der Waals surface area contributed by atoms with E-state index >= 15 is 0 Å². The second-order valence-electron chi connectivity index (χ2n) is 0.910. The van der Waals surface area contributed by atoms with Crippen LogP contribution in [0, 0.1) is 0 Å². The van der Waals surface area contributed by atoms with Gasteiger partial charge in [-0.15, -0.1) is 22.8 Å². The van der Waals surface area contributed by atoms with E-state index in [9.17, 15) is 0 Å². The van der Waals surface area contributed by atoms with Gasteiger partial charge in [0.15, 0.2) is 0 Å². The number of rotatable bonds is 4. The Hall–Kier alpha value is 1.13. The van der Waals surface area contributed by atoms with E-state index in [2.05, 4.69) is 13.8 Å². The van der Waals surface area contributed by atoms with Gasteiger partial charge < -0.3 is 0 Å². The van der Waals surface area contributed by atoms with Crippen molar-refractivity contribution in [1.82, 2.24) is 0 Å². The highest BCUT2D eigenvalue weighted by molar-refractivity contribution is 8.82. The summed E-state index contributed by atoms with van der Waals surface area (Å²) in [5, 5.41) is 0. The molecule has 0 aromatic rings. The molecule has 0 aliphatic rings. The van der Waals surface area contributed by atoms with Crippen LogP contribution in [-0.2, 0) is 0 Å². The van der Waals surface area contributed by atoms with Gasteiger partial charge in [0.05, 0.1) is 6.98 Å². The van der Waals surface area contributed by atoms with Gasteiger partial charge in [0.2, 0.25) is 0 Å². The Morgan fingerprint density at radius 1 is 1.14 bits per heavy atom. The molecule has 0 aromatic heterocycles. The molecule has 0 saturated carbocycles. The van der Waals surface area contributed by atoms with Crippen LogP contribution in [0.2, 0.25) is 0 Å². The Morgan fingerprint density at radius 2 is 1.57 bits per heavy atom. The van der Waals surface area contributed by atoms with E-state index in [-0.39, 0.29) is 0 Å². The Bertz CT molecular complexity index is 28.9. The first kappa shape index (κ1) is 8.13. The van der Waals surface area contributed by atoms with Crippen LogP contribution in [-0.4, -0.2) is 11.5 Å². The molecule has 0 spiro atoms. The second-order valence-corrected chi connectivity index (χ2v) is 6.07. The smallest absolute Gasteiger partial charge is 0.0586 e. The molecule has 0 bridgehead atoms. The van der Waals surface area contributed by atoms with Crippen molar-refractivity contribution in [1.29, 1.82) is 0 Å². The lowest BCUT2D eigenvalue weighted by Gasteiger charge is -1.89. The van der Waals surface area contributed by atoms with Gasteiger partial charge >= 0.3 is 0 Å². The first-order chi connectivity index (χ1) is 3.41. The summed E-state index contributed by atoms with van der Waals surface area (Å²) < 4.78 is 0. The molecule has 0 aliphatic heterocycles. The normalized spacial score (nSPS) is 9.43. The summed E-state index contributed by atoms with van der Waals surface area (Å²) in [5.74, 6) is 2.49. The molecule has 0 atom stereocenters. The maximum absolute atomic E-state index is 2.19. The van der Waals surface area contributed by atoms with Crippen molar-refractivity contribution in [2.24, 2.45) is 0 Å². The average molecular weight is 153 g/mol. The van der Waals surface area contributed by atoms with Crippen molar-refractivity contribution >= 4 is 29.7 Å². The summed E-state index contributed by atoms with van der Waals surface area (Å²) in [7, 11) is 0. The van der Waals surface area contributed by atoms with Gasteiger partial charge in [0.25, 0.3) is 0 Å². The van der Waals surface area contributed by atoms with Crippen molar-refractivity contribution < 1.29 is 0 Å². The highest BCUT2D eigenvalue weighted by Crippen LogP contribution is 2.41. The van der Waals surface area contributed by atoms with Gasteiger partial charge in [-0.2, -0.15) is 0 Å². The van der Waals surface area contributed by atoms with E-state index in [0.29, 0.717) is 0 Å². The zero-order valence-electron chi connectivity index (χ0n) is 4.68. The van der Waals surface area contributed by atoms with Crippen LogP contribution in [0.5, 0.6) is 0 Å². The summed E-state index contributed by atoms with van der Waals surface area (Å²) in [5.41, 5.74) is 0. The second kappa shape index (κ2) is 7.13. The van der Waals surface area contributed by atoms with E-state index in [1.807, 2.05) is 22.8 Å². The van der Waals surface area contributed by atoms with Gasteiger partial charge in [0, 0.05) is 0 Å². The summed E-state index contributed by atoms with van der Waals surface area (Å²) >= 11 is 3.94. The monoisotopic (exact) mass is 153 g/mol. The molecular weight excluding hydrogens is 143 g/mol. The predicted molar refractivity (Wildman–Crippen MR) is 43.2 cm³/mol. The highest BCUT2D eigenvalue weighted by Gasteiger charge is 1.81. The maximum Gasteiger partial charge on any atom is 0.0586 e. The first-order valence-electron chi connectivity index (χ1n) is 2.36. The third-order valence-electron chi connectivity index (χ3n) is 0.364. The minimum Gasteiger partial charge on any atom is -0.117 e. The minimum atomic E-state index is 1.24. The fourth-order valence-corrected chi connectivity index (χ4v) is 3.85. The van der Waals surface area contributed by atoms with E-state index in [1.165, 1.54) is 18.5 Å². The minimum absolute atomic E-state index is 1.24. The van der Waals surface area contributed by atoms with Crippen LogP contribution in [0.25, 0.3) is 0 Å². The van der Waals surface area contributed by atoms with Crippen molar-refractivity contribution in [3.63, 3.8) is 0 Å². The molecule has 0 nitrogen and oxygen atoms in total. The molecule has 7 heavy (non-hydrogen) atoms. The molecule has 0 heterocycles. The zero-order chi connectivity index (χ0) is 5.54. The molecular formula is C4H10PS2. The van der Waals surface area contributed by atoms with E-state index in [4.69, 9.17) is 0 Å². The summed E-state index contributed by atoms with van der Waals surface area (Å²) in [6, 6.07) is 0. The summed E-state index contributed by atoms with van der Waals surface area (Å²) in [6.45, 7) is 5.85. The third-order valence-corrected chi connectivity index (χ3v) is 5.17. The predicted octanol–water partition coefficient (Wildman–Crippen LogP) is 3.27. The van der Waals surface area contributed by atoms with E-state index in [1.54, 1.807) is 0 Å². The summed E-state index contributed by atoms with van der Waals surface area (Å²) in [6.07, 6.45) is 0. The summed E-state index contributed by atoms with van der Waals surface area (Å²) in [4.78, 5) is 0. The van der Waals surface area contributed by atoms with Crippen LogP contribution >= 0.6 is 29.7 Å². The molecule has 3 heteroatoms. The van der Waals surface area contributed by atoms with Gasteiger partial charge in [-0.1, -0.05) is 13.8 Å². The van der Waals surface area contributed by atoms with Crippen molar-refractivity contribution in [2.45, 2.75) is 13.8 Å². The lowest BCUT2D eigenvalue weighted by atomic mass is 11.0. The number of hydrogen-bond acceptors (Lipinski definition) is 2. The van der Waals surface area contributed by atoms with Crippen molar-refractivity contribution in [3.8, 4) is 0 Å². The molecule has 0 amide bonds. The van der Waals surface area contributed by atoms with Crippen LogP contribution in [0.3, 0.4) is 0 Å². The maximum atomic E-state index is 2.19. The molecule has 43 valence electrons. The fraction of sp³-hybridized carbons (Fsp3) is 1.00. The molecule has 0 aromatic carbocycles. The number of hydrogen-bond donors (Lipinski definition) is 0. The quantitative estimate of drug-likeness (QED) is 0.449. The molecule has 1 radical (unpaired) electrons. The third kappa shape index (κ3) is 7.13. The van der Waals surface area contributed by atoms with Crippen LogP contribution in [0.15, 0.2) is 0 Å². The standard InChI is InChI=1S/C4H10PS2/c1-3-6-5-7-4-2/h3-4H2,1-2H3. The SMILES string of the molecule is CCS[P]SCC. The average Bonchev–Trinajstić information content (AvgIpc) is 1.69. The fourth-order valence-electron chi connectivity index (χ4n) is 0.143. The van der Waals surface area contributed by atoms with Crippen LogP contribution < -0.4 is 0 Å². The van der Waals surface area contributed by atoms with Gasteiger partial charge in [-0.05, 0) is 11.5 Å². The zero-order valence-corrected chi connectivity index (χ0v) is 7.21. The molecule has 0 saturated heterocycles. The Balaban J connectivity index is 2.45. The van der Waals surface area contributed by atoms with Gasteiger partial charge in [0.1, 0.15) is 0 Å². The molecule has 0 rings (SSSR count). The molecule has 0 unspecified atom stereocenters. The van der Waals surface area contributed by atoms with Crippen LogP contribution in [0.1, 0.15) is 13.8 Å². The Labute approximate surface area is 55.5 Å². The highest BCUT2D eigenvalue weighted by atomic mass is 33.1. The lowest BCUT2D eigenvalue weighted by Crippen LogP contribution is -1.54. The van der Waals surface area contributed by atoms with E-state index in [0.717, 1.165) is 0 Å². The van der Waals surface area contributed by atoms with Crippen molar-refractivity contribution in [3.05, 3.63) is 0 Å². The Kier molecular flexibility index (Phi) is 8.28. The van der Waals surface area contributed by atoms with Crippen molar-refractivity contribution in [2.75, 3.05) is 11.5 Å². The lowest BCUT2D eigenvalue weighted by molar-refractivity contribution is 1.54. The molecule has 0 fully saturated rings. The Morgan fingerprint density at radius 3 is 1.86 bits per heavy atom. The molecule has 0 N–H and O–H groups in total. The van der Waals surface area contributed by atoms with Gasteiger partial charge in [-0.3, -0.25) is 0 Å². The first-order valence-corrected chi connectivity index (χ1v) is 6.43. The molecule has 0 aliphatic carbocycles. The topological polar surface area (TPSA) is 0 Å². The van der Waals surface area contributed by atoms with E-state index < -0.39 is 0 Å². The largest absolute Gasteiger partial charge is 0.117 e. The van der Waals surface area contributed by atoms with Gasteiger partial charge in [-0.25, -0.2) is 0 Å².